The molecule has 102 valence electrons. The largest absolute Gasteiger partial charge is 0.465 e. The van der Waals surface area contributed by atoms with Gasteiger partial charge in [-0.05, 0) is 31.5 Å². The molecule has 0 aliphatic heterocycles. The lowest BCUT2D eigenvalue weighted by molar-refractivity contribution is -0.120. The van der Waals surface area contributed by atoms with Crippen LogP contribution in [0.4, 0.5) is 5.69 Å². The van der Waals surface area contributed by atoms with Crippen LogP contribution in [0.3, 0.4) is 0 Å². The number of ether oxygens (including phenoxy) is 1. The SMILES string of the molecule is COC(=O)c1cccc(NC(=O)C2(C)CC2(Cl)Cl)c1. The van der Waals surface area contributed by atoms with Gasteiger partial charge in [-0.25, -0.2) is 4.79 Å². The zero-order valence-electron chi connectivity index (χ0n) is 10.5. The Morgan fingerprint density at radius 2 is 2.00 bits per heavy atom. The van der Waals surface area contributed by atoms with Gasteiger partial charge in [-0.1, -0.05) is 6.07 Å². The number of esters is 1. The first-order valence-corrected chi connectivity index (χ1v) is 6.43. The molecule has 0 radical (unpaired) electrons. The van der Waals surface area contributed by atoms with Crippen LogP contribution in [0.15, 0.2) is 24.3 Å². The maximum atomic E-state index is 12.1. The molecule has 0 bridgehead atoms. The van der Waals surface area contributed by atoms with Crippen molar-refractivity contribution < 1.29 is 14.3 Å². The molecule has 0 spiro atoms. The number of carbonyl (C=O) groups is 2. The fourth-order valence-corrected chi connectivity index (χ4v) is 2.46. The van der Waals surface area contributed by atoms with Crippen LogP contribution in [0.1, 0.15) is 23.7 Å². The summed E-state index contributed by atoms with van der Waals surface area (Å²) < 4.78 is 3.60. The van der Waals surface area contributed by atoms with Crippen LogP contribution < -0.4 is 5.32 Å². The number of alkyl halides is 2. The molecule has 6 heteroatoms. The highest BCUT2D eigenvalue weighted by atomic mass is 35.5. The van der Waals surface area contributed by atoms with E-state index in [4.69, 9.17) is 23.2 Å². The van der Waals surface area contributed by atoms with E-state index in [1.807, 2.05) is 0 Å². The van der Waals surface area contributed by atoms with Crippen LogP contribution in [0.25, 0.3) is 0 Å². The van der Waals surface area contributed by atoms with Crippen LogP contribution in [0.5, 0.6) is 0 Å². The summed E-state index contributed by atoms with van der Waals surface area (Å²) >= 11 is 11.9. The maximum absolute atomic E-state index is 12.1. The van der Waals surface area contributed by atoms with Gasteiger partial charge in [-0.3, -0.25) is 4.79 Å². The molecule has 4 nitrogen and oxygen atoms in total. The number of benzene rings is 1. The topological polar surface area (TPSA) is 55.4 Å². The Morgan fingerprint density at radius 1 is 1.37 bits per heavy atom. The number of carbonyl (C=O) groups excluding carboxylic acids is 2. The highest BCUT2D eigenvalue weighted by Crippen LogP contribution is 2.64. The van der Waals surface area contributed by atoms with Gasteiger partial charge in [-0.2, -0.15) is 0 Å². The minimum Gasteiger partial charge on any atom is -0.465 e. The third-order valence-electron chi connectivity index (χ3n) is 3.30. The molecule has 0 aromatic heterocycles. The Hall–Kier alpha value is -1.26. The van der Waals surface area contributed by atoms with Crippen molar-refractivity contribution in [2.24, 2.45) is 5.41 Å². The number of hydrogen-bond donors (Lipinski definition) is 1. The van der Waals surface area contributed by atoms with E-state index in [9.17, 15) is 9.59 Å². The summed E-state index contributed by atoms with van der Waals surface area (Å²) in [5.74, 6) is -0.725. The molecule has 1 aromatic rings. The second-order valence-corrected chi connectivity index (χ2v) is 6.22. The van der Waals surface area contributed by atoms with Gasteiger partial charge in [0.15, 0.2) is 0 Å². The Morgan fingerprint density at radius 3 is 2.53 bits per heavy atom. The first-order chi connectivity index (χ1) is 8.80. The molecule has 0 heterocycles. The molecule has 1 amide bonds. The van der Waals surface area contributed by atoms with E-state index in [0.717, 1.165) is 0 Å². The number of methoxy groups -OCH3 is 1. The van der Waals surface area contributed by atoms with Crippen LogP contribution in [0, 0.1) is 5.41 Å². The van der Waals surface area contributed by atoms with Gasteiger partial charge in [0.1, 0.15) is 4.33 Å². The minimum atomic E-state index is -1.02. The lowest BCUT2D eigenvalue weighted by Gasteiger charge is -2.13. The van der Waals surface area contributed by atoms with E-state index in [0.29, 0.717) is 17.7 Å². The Bertz CT molecular complexity index is 544. The normalized spacial score (nSPS) is 23.6. The lowest BCUT2D eigenvalue weighted by atomic mass is 10.1. The Kier molecular flexibility index (Phi) is 3.49. The van der Waals surface area contributed by atoms with E-state index >= 15 is 0 Å². The lowest BCUT2D eigenvalue weighted by Crippen LogP contribution is -2.26. The first kappa shape index (κ1) is 14.2. The summed E-state index contributed by atoms with van der Waals surface area (Å²) in [6, 6.07) is 6.49. The van der Waals surface area contributed by atoms with Crippen molar-refractivity contribution >= 4 is 40.8 Å². The number of anilines is 1. The van der Waals surface area contributed by atoms with Gasteiger partial charge in [0, 0.05) is 5.69 Å². The fourth-order valence-electron chi connectivity index (χ4n) is 1.76. The summed E-state index contributed by atoms with van der Waals surface area (Å²) in [6.45, 7) is 1.70. The predicted octanol–water partition coefficient (Wildman–Crippen LogP) is 3.00. The van der Waals surface area contributed by atoms with Crippen molar-refractivity contribution in [1.29, 1.82) is 0 Å². The number of amides is 1. The van der Waals surface area contributed by atoms with E-state index in [2.05, 4.69) is 10.1 Å². The van der Waals surface area contributed by atoms with Gasteiger partial charge in [0.05, 0.1) is 18.1 Å². The van der Waals surface area contributed by atoms with Crippen LogP contribution in [-0.2, 0) is 9.53 Å². The van der Waals surface area contributed by atoms with Crippen molar-refractivity contribution in [2.45, 2.75) is 17.7 Å². The molecule has 1 saturated carbocycles. The molecule has 1 aliphatic rings. The molecule has 1 aliphatic carbocycles. The van der Waals surface area contributed by atoms with E-state index in [1.54, 1.807) is 31.2 Å². The molecule has 1 fully saturated rings. The summed E-state index contributed by atoms with van der Waals surface area (Å²) in [6.07, 6.45) is 0.408. The number of halogens is 2. The smallest absolute Gasteiger partial charge is 0.337 e. The Balaban J connectivity index is 2.12. The van der Waals surface area contributed by atoms with Gasteiger partial charge in [0.25, 0.3) is 0 Å². The minimum absolute atomic E-state index is 0.264. The highest BCUT2D eigenvalue weighted by Gasteiger charge is 2.67. The number of hydrogen-bond acceptors (Lipinski definition) is 3. The fraction of sp³-hybridized carbons (Fsp3) is 0.385. The third kappa shape index (κ3) is 2.55. The van der Waals surface area contributed by atoms with Gasteiger partial charge < -0.3 is 10.1 Å². The number of nitrogens with one attached hydrogen (secondary N) is 1. The Labute approximate surface area is 121 Å². The number of rotatable bonds is 3. The van der Waals surface area contributed by atoms with Crippen LogP contribution in [0.2, 0.25) is 0 Å². The second kappa shape index (κ2) is 4.69. The average molecular weight is 302 g/mol. The zero-order chi connectivity index (χ0) is 14.3. The molecule has 2 rings (SSSR count). The average Bonchev–Trinajstić information content (AvgIpc) is 2.89. The van der Waals surface area contributed by atoms with Gasteiger partial charge in [-0.15, -0.1) is 23.2 Å². The summed E-state index contributed by atoms with van der Waals surface area (Å²) in [4.78, 5) is 23.5. The van der Waals surface area contributed by atoms with E-state index in [1.165, 1.54) is 7.11 Å². The molecule has 19 heavy (non-hydrogen) atoms. The van der Waals surface area contributed by atoms with Crippen molar-refractivity contribution in [3.05, 3.63) is 29.8 Å². The van der Waals surface area contributed by atoms with Gasteiger partial charge in [0.2, 0.25) is 5.91 Å². The molecule has 1 atom stereocenters. The van der Waals surface area contributed by atoms with Crippen molar-refractivity contribution in [1.82, 2.24) is 0 Å². The molecule has 1 aromatic carbocycles. The second-order valence-electron chi connectivity index (χ2n) is 4.74. The van der Waals surface area contributed by atoms with Crippen LogP contribution in [-0.4, -0.2) is 23.3 Å². The first-order valence-electron chi connectivity index (χ1n) is 5.68. The summed E-state index contributed by atoms with van der Waals surface area (Å²) in [5.41, 5.74) is 0.0756. The third-order valence-corrected chi connectivity index (χ3v) is 4.40. The quantitative estimate of drug-likeness (QED) is 0.690. The molecular formula is C13H13Cl2NO3. The summed E-state index contributed by atoms with van der Waals surface area (Å²) in [7, 11) is 1.30. The standard InChI is InChI=1S/C13H13Cl2NO3/c1-12(7-13(12,14)15)11(18)16-9-5-3-4-8(6-9)10(17)19-2/h3-6H,7H2,1-2H3,(H,16,18). The predicted molar refractivity (Wildman–Crippen MR) is 73.6 cm³/mol. The van der Waals surface area contributed by atoms with E-state index in [-0.39, 0.29) is 5.91 Å². The van der Waals surface area contributed by atoms with Crippen molar-refractivity contribution in [3.8, 4) is 0 Å². The summed E-state index contributed by atoms with van der Waals surface area (Å²) in [5, 5.41) is 2.70. The molecule has 1 N–H and O–H groups in total. The zero-order valence-corrected chi connectivity index (χ0v) is 12.0. The highest BCUT2D eigenvalue weighted by molar-refractivity contribution is 6.53. The molecule has 0 saturated heterocycles. The van der Waals surface area contributed by atoms with Crippen molar-refractivity contribution in [2.75, 3.05) is 12.4 Å². The molecule has 1 unspecified atom stereocenters. The van der Waals surface area contributed by atoms with Gasteiger partial charge >= 0.3 is 5.97 Å². The van der Waals surface area contributed by atoms with Crippen LogP contribution >= 0.6 is 23.2 Å². The van der Waals surface area contributed by atoms with Crippen molar-refractivity contribution in [3.63, 3.8) is 0 Å². The monoisotopic (exact) mass is 301 g/mol. The maximum Gasteiger partial charge on any atom is 0.337 e. The molecular weight excluding hydrogens is 289 g/mol. The van der Waals surface area contributed by atoms with E-state index < -0.39 is 15.7 Å².